The van der Waals surface area contributed by atoms with Crippen molar-refractivity contribution in [3.63, 3.8) is 0 Å². The number of nitrogens with zero attached hydrogens (tertiary/aromatic N) is 1. The van der Waals surface area contributed by atoms with Crippen molar-refractivity contribution in [1.82, 2.24) is 5.32 Å². The molecule has 3 rings (SSSR count). The van der Waals surface area contributed by atoms with Crippen molar-refractivity contribution >= 4 is 23.5 Å². The molecule has 0 radical (unpaired) electrons. The number of nitrogens with one attached hydrogen (secondary N) is 1. The highest BCUT2D eigenvalue weighted by molar-refractivity contribution is 6.10. The highest BCUT2D eigenvalue weighted by Gasteiger charge is 2.49. The Labute approximate surface area is 181 Å². The van der Waals surface area contributed by atoms with E-state index in [0.717, 1.165) is 23.8 Å². The van der Waals surface area contributed by atoms with Gasteiger partial charge in [-0.2, -0.15) is 0 Å². The molecule has 1 heterocycles. The maximum absolute atomic E-state index is 15.2. The first-order valence-corrected chi connectivity index (χ1v) is 10.7. The van der Waals surface area contributed by atoms with E-state index in [-0.39, 0.29) is 36.1 Å². The number of ether oxygens (including phenoxy) is 1. The smallest absolute Gasteiger partial charge is 0.306 e. The molecule has 6 nitrogen and oxygen atoms in total. The van der Waals surface area contributed by atoms with Crippen molar-refractivity contribution in [2.45, 2.75) is 77.2 Å². The van der Waals surface area contributed by atoms with Crippen LogP contribution in [0.5, 0.6) is 0 Å². The van der Waals surface area contributed by atoms with Gasteiger partial charge in [-0.1, -0.05) is 0 Å². The van der Waals surface area contributed by atoms with Crippen LogP contribution in [0.25, 0.3) is 0 Å². The Hall–Kier alpha value is -2.51. The van der Waals surface area contributed by atoms with E-state index in [4.69, 9.17) is 4.74 Å². The van der Waals surface area contributed by atoms with Gasteiger partial charge in [0.05, 0.1) is 11.1 Å². The molecule has 0 atom stereocenters. The van der Waals surface area contributed by atoms with E-state index >= 15 is 4.39 Å². The summed E-state index contributed by atoms with van der Waals surface area (Å²) in [6.45, 7) is 8.20. The van der Waals surface area contributed by atoms with Gasteiger partial charge in [-0.25, -0.2) is 8.78 Å². The summed E-state index contributed by atoms with van der Waals surface area (Å²) in [5, 5.41) is 2.62. The monoisotopic (exact) mass is 436 g/mol. The van der Waals surface area contributed by atoms with Gasteiger partial charge < -0.3 is 10.1 Å². The molecule has 170 valence electrons. The fraction of sp³-hybridized carbons (Fsp3) is 0.609. The van der Waals surface area contributed by atoms with E-state index in [1.54, 1.807) is 34.6 Å². The van der Waals surface area contributed by atoms with E-state index in [1.807, 2.05) is 0 Å². The number of carbonyl (C=O) groups excluding carboxylic acids is 3. The largest absolute Gasteiger partial charge is 0.460 e. The Bertz CT molecular complexity index is 917. The summed E-state index contributed by atoms with van der Waals surface area (Å²) in [5.41, 5.74) is -1.65. The minimum atomic E-state index is -1.26. The summed E-state index contributed by atoms with van der Waals surface area (Å²) in [6.07, 6.45) is 2.11. The summed E-state index contributed by atoms with van der Waals surface area (Å²) in [6, 6.07) is 1.16. The van der Waals surface area contributed by atoms with Crippen LogP contribution in [0.2, 0.25) is 0 Å². The van der Waals surface area contributed by atoms with Gasteiger partial charge in [-0.05, 0) is 71.4 Å². The first-order valence-electron chi connectivity index (χ1n) is 10.7. The summed E-state index contributed by atoms with van der Waals surface area (Å²) in [4.78, 5) is 38.0. The topological polar surface area (TPSA) is 75.7 Å². The van der Waals surface area contributed by atoms with E-state index < -0.39 is 41.0 Å². The second-order valence-corrected chi connectivity index (χ2v) is 9.82. The number of hydrogen-bond donors (Lipinski definition) is 1. The lowest BCUT2D eigenvalue weighted by atomic mass is 9.84. The van der Waals surface area contributed by atoms with Gasteiger partial charge in [0.15, 0.2) is 0 Å². The highest BCUT2D eigenvalue weighted by Crippen LogP contribution is 2.50. The van der Waals surface area contributed by atoms with Crippen molar-refractivity contribution in [3.05, 3.63) is 28.8 Å². The van der Waals surface area contributed by atoms with Crippen LogP contribution in [0.4, 0.5) is 14.5 Å². The lowest BCUT2D eigenvalue weighted by Crippen LogP contribution is -2.43. The van der Waals surface area contributed by atoms with Gasteiger partial charge in [0.25, 0.3) is 0 Å². The molecule has 0 saturated heterocycles. The van der Waals surface area contributed by atoms with Crippen LogP contribution in [0.1, 0.15) is 77.3 Å². The number of benzene rings is 1. The zero-order chi connectivity index (χ0) is 23.1. The molecular formula is C23H30F2N2O4. The van der Waals surface area contributed by atoms with Crippen LogP contribution in [-0.4, -0.2) is 36.5 Å². The van der Waals surface area contributed by atoms with E-state index in [2.05, 4.69) is 5.32 Å². The molecule has 2 aliphatic rings. The van der Waals surface area contributed by atoms with Gasteiger partial charge >= 0.3 is 5.97 Å². The molecule has 1 aromatic carbocycles. The Morgan fingerprint density at radius 2 is 1.90 bits per heavy atom. The number of anilines is 1. The SMILES string of the molecule is CC(C)(C)OC(=O)CCCNC(=O)CN1C(=O)C(C)(C)c2c(F)c(C3CC3)cc(F)c21. The lowest BCUT2D eigenvalue weighted by molar-refractivity contribution is -0.155. The standard InChI is InChI=1S/C23H30F2N2O4/c1-22(2,3)31-17(29)7-6-10-26-16(28)12-27-20-15(24)11-14(13-8-9-13)19(25)18(20)23(4,5)21(27)30/h11,13H,6-10,12H2,1-5H3,(H,26,28). The fourth-order valence-electron chi connectivity index (χ4n) is 3.91. The zero-order valence-corrected chi connectivity index (χ0v) is 18.7. The van der Waals surface area contributed by atoms with Gasteiger partial charge in [-0.3, -0.25) is 19.3 Å². The Balaban J connectivity index is 1.65. The quantitative estimate of drug-likeness (QED) is 0.522. The van der Waals surface area contributed by atoms with Gasteiger partial charge in [0, 0.05) is 18.5 Å². The molecule has 8 heteroatoms. The molecule has 1 aliphatic carbocycles. The number of halogens is 2. The molecular weight excluding hydrogens is 406 g/mol. The van der Waals surface area contributed by atoms with Crippen LogP contribution in [0, 0.1) is 11.6 Å². The van der Waals surface area contributed by atoms with Gasteiger partial charge in [0.2, 0.25) is 11.8 Å². The van der Waals surface area contributed by atoms with E-state index in [9.17, 15) is 18.8 Å². The van der Waals surface area contributed by atoms with Gasteiger partial charge in [-0.15, -0.1) is 0 Å². The average molecular weight is 436 g/mol. The predicted octanol–water partition coefficient (Wildman–Crippen LogP) is 3.70. The minimum absolute atomic E-state index is 0.00646. The number of esters is 1. The number of amides is 2. The van der Waals surface area contributed by atoms with Crippen LogP contribution < -0.4 is 10.2 Å². The molecule has 0 aromatic heterocycles. The lowest BCUT2D eigenvalue weighted by Gasteiger charge is -2.20. The van der Waals surface area contributed by atoms with Crippen LogP contribution in [-0.2, 0) is 24.5 Å². The molecule has 0 bridgehead atoms. The summed E-state index contributed by atoms with van der Waals surface area (Å²) < 4.78 is 35.3. The predicted molar refractivity (Wildman–Crippen MR) is 112 cm³/mol. The fourth-order valence-corrected chi connectivity index (χ4v) is 3.91. The molecule has 1 aromatic rings. The first-order chi connectivity index (χ1) is 14.3. The number of rotatable bonds is 7. The molecule has 0 spiro atoms. The van der Waals surface area contributed by atoms with Crippen LogP contribution in [0.15, 0.2) is 6.07 Å². The van der Waals surface area contributed by atoms with Crippen LogP contribution in [0.3, 0.4) is 0 Å². The summed E-state index contributed by atoms with van der Waals surface area (Å²) >= 11 is 0. The average Bonchev–Trinajstić information content (AvgIpc) is 3.44. The number of carbonyl (C=O) groups is 3. The Morgan fingerprint density at radius 3 is 2.48 bits per heavy atom. The van der Waals surface area contributed by atoms with Gasteiger partial charge in [0.1, 0.15) is 23.8 Å². The van der Waals surface area contributed by atoms with Crippen molar-refractivity contribution in [3.8, 4) is 0 Å². The van der Waals surface area contributed by atoms with Crippen molar-refractivity contribution in [2.24, 2.45) is 0 Å². The molecule has 1 aliphatic heterocycles. The first kappa shape index (κ1) is 23.2. The van der Waals surface area contributed by atoms with Crippen LogP contribution >= 0.6 is 0 Å². The van der Waals surface area contributed by atoms with Crippen molar-refractivity contribution < 1.29 is 27.9 Å². The van der Waals surface area contributed by atoms with Crippen molar-refractivity contribution in [2.75, 3.05) is 18.0 Å². The van der Waals surface area contributed by atoms with E-state index in [1.165, 1.54) is 0 Å². The van der Waals surface area contributed by atoms with Crippen molar-refractivity contribution in [1.29, 1.82) is 0 Å². The highest BCUT2D eigenvalue weighted by atomic mass is 19.1. The zero-order valence-electron chi connectivity index (χ0n) is 18.7. The third-order valence-electron chi connectivity index (χ3n) is 5.51. The number of hydrogen-bond acceptors (Lipinski definition) is 4. The summed E-state index contributed by atoms with van der Waals surface area (Å²) in [5.74, 6) is -2.62. The second kappa shape index (κ2) is 8.20. The maximum atomic E-state index is 15.2. The van der Waals surface area contributed by atoms with E-state index in [0.29, 0.717) is 12.0 Å². The molecule has 31 heavy (non-hydrogen) atoms. The summed E-state index contributed by atoms with van der Waals surface area (Å²) in [7, 11) is 0. The Kier molecular flexibility index (Phi) is 6.13. The minimum Gasteiger partial charge on any atom is -0.460 e. The molecule has 1 N–H and O–H groups in total. The molecule has 2 amide bonds. The Morgan fingerprint density at radius 1 is 1.26 bits per heavy atom. The molecule has 1 fully saturated rings. The normalized spacial score (nSPS) is 17.5. The molecule has 1 saturated carbocycles. The molecule has 0 unspecified atom stereocenters. The third-order valence-corrected chi connectivity index (χ3v) is 5.51. The number of fused-ring (bicyclic) bond motifs is 1. The second-order valence-electron chi connectivity index (χ2n) is 9.82. The maximum Gasteiger partial charge on any atom is 0.306 e. The third kappa shape index (κ3) is 4.88.